The lowest BCUT2D eigenvalue weighted by Gasteiger charge is -2.23. The molecular formula is C14H20BrNO. The van der Waals surface area contributed by atoms with Gasteiger partial charge in [0, 0.05) is 22.1 Å². The zero-order valence-electron chi connectivity index (χ0n) is 10.4. The fourth-order valence-corrected chi connectivity index (χ4v) is 2.27. The molecule has 0 amide bonds. The molecule has 0 aromatic heterocycles. The van der Waals surface area contributed by atoms with Crippen molar-refractivity contribution < 1.29 is 5.11 Å². The van der Waals surface area contributed by atoms with Gasteiger partial charge in [0.15, 0.2) is 0 Å². The van der Waals surface area contributed by atoms with Crippen molar-refractivity contribution in [3.63, 3.8) is 0 Å². The molecule has 3 heteroatoms. The summed E-state index contributed by atoms with van der Waals surface area (Å²) in [6.45, 7) is 7.98. The number of nitrogens with one attached hydrogen (secondary N) is 1. The van der Waals surface area contributed by atoms with Gasteiger partial charge in [0.2, 0.25) is 0 Å². The van der Waals surface area contributed by atoms with E-state index in [9.17, 15) is 5.11 Å². The first-order valence-corrected chi connectivity index (χ1v) is 6.73. The molecule has 0 fully saturated rings. The first-order valence-electron chi connectivity index (χ1n) is 5.93. The average Bonchev–Trinajstić information content (AvgIpc) is 2.30. The number of phenols is 1. The van der Waals surface area contributed by atoms with E-state index < -0.39 is 0 Å². The van der Waals surface area contributed by atoms with Gasteiger partial charge in [-0.15, -0.1) is 6.58 Å². The molecule has 1 rings (SSSR count). The molecule has 1 aromatic carbocycles. The van der Waals surface area contributed by atoms with Gasteiger partial charge < -0.3 is 10.4 Å². The van der Waals surface area contributed by atoms with E-state index in [4.69, 9.17) is 0 Å². The second-order valence-electron chi connectivity index (χ2n) is 4.26. The number of benzene rings is 1. The standard InChI is InChI=1S/C14H20BrNO/c1-4-6-10(3)16-13(5-2)12-9-11(15)7-8-14(12)17/h4,7-10,13,16-17H,1,5-6H2,2-3H3. The minimum absolute atomic E-state index is 0.169. The highest BCUT2D eigenvalue weighted by atomic mass is 79.9. The first-order chi connectivity index (χ1) is 8.08. The summed E-state index contributed by atoms with van der Waals surface area (Å²) in [6, 6.07) is 6.07. The van der Waals surface area contributed by atoms with Crippen LogP contribution < -0.4 is 5.32 Å². The second-order valence-corrected chi connectivity index (χ2v) is 5.17. The number of rotatable bonds is 6. The van der Waals surface area contributed by atoms with Gasteiger partial charge in [0.05, 0.1) is 0 Å². The van der Waals surface area contributed by atoms with E-state index >= 15 is 0 Å². The summed E-state index contributed by atoms with van der Waals surface area (Å²) in [7, 11) is 0. The van der Waals surface area contributed by atoms with E-state index in [0.29, 0.717) is 11.8 Å². The van der Waals surface area contributed by atoms with Gasteiger partial charge >= 0.3 is 0 Å². The highest BCUT2D eigenvalue weighted by molar-refractivity contribution is 9.10. The number of aromatic hydroxyl groups is 1. The molecule has 1 aromatic rings. The van der Waals surface area contributed by atoms with Crippen LogP contribution in [0.15, 0.2) is 35.3 Å². The molecule has 2 unspecified atom stereocenters. The highest BCUT2D eigenvalue weighted by Crippen LogP contribution is 2.29. The van der Waals surface area contributed by atoms with Gasteiger partial charge in [-0.25, -0.2) is 0 Å². The van der Waals surface area contributed by atoms with Crippen LogP contribution in [-0.4, -0.2) is 11.1 Å². The molecule has 0 bridgehead atoms. The van der Waals surface area contributed by atoms with E-state index in [-0.39, 0.29) is 6.04 Å². The number of phenolic OH excluding ortho intramolecular Hbond substituents is 1. The summed E-state index contributed by atoms with van der Waals surface area (Å²) in [6.07, 6.45) is 3.77. The molecule has 2 nitrogen and oxygen atoms in total. The number of hydrogen-bond acceptors (Lipinski definition) is 2. The maximum atomic E-state index is 9.90. The van der Waals surface area contributed by atoms with Crippen molar-refractivity contribution in [3.05, 3.63) is 40.9 Å². The predicted molar refractivity (Wildman–Crippen MR) is 76.3 cm³/mol. The molecule has 0 aliphatic rings. The fourth-order valence-electron chi connectivity index (χ4n) is 1.89. The lowest BCUT2D eigenvalue weighted by molar-refractivity contribution is 0.415. The molecule has 0 saturated carbocycles. The third-order valence-electron chi connectivity index (χ3n) is 2.78. The summed E-state index contributed by atoms with van der Waals surface area (Å²) >= 11 is 3.44. The van der Waals surface area contributed by atoms with Crippen molar-refractivity contribution >= 4 is 15.9 Å². The maximum Gasteiger partial charge on any atom is 0.120 e. The summed E-state index contributed by atoms with van der Waals surface area (Å²) in [5.74, 6) is 0.346. The second kappa shape index (κ2) is 6.82. The van der Waals surface area contributed by atoms with Crippen LogP contribution in [0.4, 0.5) is 0 Å². The minimum Gasteiger partial charge on any atom is -0.508 e. The normalized spacial score (nSPS) is 14.3. The van der Waals surface area contributed by atoms with Crippen molar-refractivity contribution in [1.82, 2.24) is 5.32 Å². The van der Waals surface area contributed by atoms with Crippen LogP contribution in [0.5, 0.6) is 5.75 Å². The molecule has 2 N–H and O–H groups in total. The summed E-state index contributed by atoms with van der Waals surface area (Å²) in [5.41, 5.74) is 0.942. The maximum absolute atomic E-state index is 9.90. The molecule has 0 heterocycles. The van der Waals surface area contributed by atoms with E-state index in [2.05, 4.69) is 41.7 Å². The first kappa shape index (κ1) is 14.3. The Labute approximate surface area is 112 Å². The fraction of sp³-hybridized carbons (Fsp3) is 0.429. The molecule has 0 radical (unpaired) electrons. The molecule has 0 aliphatic heterocycles. The van der Waals surface area contributed by atoms with Gasteiger partial charge in [0.25, 0.3) is 0 Å². The van der Waals surface area contributed by atoms with Crippen LogP contribution >= 0.6 is 15.9 Å². The molecule has 2 atom stereocenters. The topological polar surface area (TPSA) is 32.3 Å². The summed E-state index contributed by atoms with van der Waals surface area (Å²) in [4.78, 5) is 0. The highest BCUT2D eigenvalue weighted by Gasteiger charge is 2.15. The molecule has 0 saturated heterocycles. The monoisotopic (exact) mass is 297 g/mol. The Morgan fingerprint density at radius 2 is 2.24 bits per heavy atom. The Bertz CT molecular complexity index is 378. The molecule has 0 spiro atoms. The van der Waals surface area contributed by atoms with Gasteiger partial charge in [-0.05, 0) is 38.0 Å². The minimum atomic E-state index is 0.169. The zero-order chi connectivity index (χ0) is 12.8. The lowest BCUT2D eigenvalue weighted by atomic mass is 10.0. The van der Waals surface area contributed by atoms with Crippen molar-refractivity contribution in [2.75, 3.05) is 0 Å². The Morgan fingerprint density at radius 3 is 2.82 bits per heavy atom. The molecule has 0 aliphatic carbocycles. The van der Waals surface area contributed by atoms with Gasteiger partial charge in [-0.3, -0.25) is 0 Å². The van der Waals surface area contributed by atoms with Crippen LogP contribution in [0, 0.1) is 0 Å². The Kier molecular flexibility index (Phi) is 5.72. The van der Waals surface area contributed by atoms with Crippen LogP contribution in [0.25, 0.3) is 0 Å². The Balaban J connectivity index is 2.85. The molecular weight excluding hydrogens is 278 g/mol. The number of hydrogen-bond donors (Lipinski definition) is 2. The third-order valence-corrected chi connectivity index (χ3v) is 3.27. The van der Waals surface area contributed by atoms with Crippen LogP contribution in [0.2, 0.25) is 0 Å². The van der Waals surface area contributed by atoms with Crippen molar-refractivity contribution in [1.29, 1.82) is 0 Å². The van der Waals surface area contributed by atoms with Crippen molar-refractivity contribution in [3.8, 4) is 5.75 Å². The van der Waals surface area contributed by atoms with Gasteiger partial charge in [0.1, 0.15) is 5.75 Å². The summed E-state index contributed by atoms with van der Waals surface area (Å²) < 4.78 is 0.988. The van der Waals surface area contributed by atoms with Crippen LogP contribution in [0.1, 0.15) is 38.3 Å². The van der Waals surface area contributed by atoms with E-state index in [1.165, 1.54) is 0 Å². The van der Waals surface area contributed by atoms with Crippen LogP contribution in [-0.2, 0) is 0 Å². The summed E-state index contributed by atoms with van der Waals surface area (Å²) in [5, 5.41) is 13.4. The zero-order valence-corrected chi connectivity index (χ0v) is 12.0. The molecule has 17 heavy (non-hydrogen) atoms. The third kappa shape index (κ3) is 4.17. The smallest absolute Gasteiger partial charge is 0.120 e. The quantitative estimate of drug-likeness (QED) is 0.773. The Hall–Kier alpha value is -0.800. The van der Waals surface area contributed by atoms with E-state index in [1.807, 2.05) is 18.2 Å². The van der Waals surface area contributed by atoms with Crippen LogP contribution in [0.3, 0.4) is 0 Å². The largest absolute Gasteiger partial charge is 0.508 e. The number of halogens is 1. The van der Waals surface area contributed by atoms with Crippen molar-refractivity contribution in [2.24, 2.45) is 0 Å². The van der Waals surface area contributed by atoms with Gasteiger partial charge in [-0.2, -0.15) is 0 Å². The molecule has 94 valence electrons. The predicted octanol–water partition coefficient (Wildman–Crippen LogP) is 4.16. The lowest BCUT2D eigenvalue weighted by Crippen LogP contribution is -2.29. The van der Waals surface area contributed by atoms with E-state index in [0.717, 1.165) is 22.9 Å². The SMILES string of the molecule is C=CCC(C)NC(CC)c1cc(Br)ccc1O. The van der Waals surface area contributed by atoms with Crippen molar-refractivity contribution in [2.45, 2.75) is 38.8 Å². The Morgan fingerprint density at radius 1 is 1.53 bits per heavy atom. The van der Waals surface area contributed by atoms with E-state index in [1.54, 1.807) is 6.07 Å². The van der Waals surface area contributed by atoms with Gasteiger partial charge in [-0.1, -0.05) is 28.9 Å². The average molecular weight is 298 g/mol.